The standard InChI is InChI=1S/C15H14F3N.C4H9NO/c1-19(14-5-3-2-4-6-14)11-12-7-9-13(10-8-12)15(16,17)18;1-4(6)5(2)3/h2-10H,11H2,1H3;1-3H3. The highest BCUT2D eigenvalue weighted by Crippen LogP contribution is 2.29. The Hall–Kier alpha value is -2.50. The Bertz CT molecular complexity index is 653. The van der Waals surface area contributed by atoms with Crippen molar-refractivity contribution < 1.29 is 18.0 Å². The zero-order valence-corrected chi connectivity index (χ0v) is 14.8. The topological polar surface area (TPSA) is 23.6 Å². The van der Waals surface area contributed by atoms with Crippen LogP contribution in [0.2, 0.25) is 0 Å². The van der Waals surface area contributed by atoms with Gasteiger partial charge in [0.25, 0.3) is 0 Å². The molecular weight excluding hydrogens is 329 g/mol. The van der Waals surface area contributed by atoms with E-state index in [9.17, 15) is 18.0 Å². The SMILES string of the molecule is CC(=O)N(C)C.CN(Cc1ccc(C(F)(F)F)cc1)c1ccccc1. The molecule has 0 N–H and O–H groups in total. The lowest BCUT2D eigenvalue weighted by molar-refractivity contribution is -0.137. The van der Waals surface area contributed by atoms with Crippen LogP contribution in [0.1, 0.15) is 18.1 Å². The molecule has 0 radical (unpaired) electrons. The molecule has 2 aromatic rings. The number of carbonyl (C=O) groups excluding carboxylic acids is 1. The van der Waals surface area contributed by atoms with Crippen molar-refractivity contribution in [3.05, 3.63) is 65.7 Å². The second-order valence-electron chi connectivity index (χ2n) is 5.80. The first-order valence-electron chi connectivity index (χ1n) is 7.71. The zero-order valence-electron chi connectivity index (χ0n) is 14.8. The first-order valence-corrected chi connectivity index (χ1v) is 7.71. The molecule has 0 bridgehead atoms. The Morgan fingerprint density at radius 1 is 0.920 bits per heavy atom. The summed E-state index contributed by atoms with van der Waals surface area (Å²) in [5, 5.41) is 0. The Morgan fingerprint density at radius 2 is 1.40 bits per heavy atom. The van der Waals surface area contributed by atoms with Crippen LogP contribution in [0.3, 0.4) is 0 Å². The lowest BCUT2D eigenvalue weighted by Crippen LogP contribution is -2.17. The maximum atomic E-state index is 12.4. The molecule has 136 valence electrons. The number of benzene rings is 2. The minimum Gasteiger partial charge on any atom is -0.370 e. The number of alkyl halides is 3. The highest BCUT2D eigenvalue weighted by Gasteiger charge is 2.29. The summed E-state index contributed by atoms with van der Waals surface area (Å²) < 4.78 is 37.3. The van der Waals surface area contributed by atoms with Crippen molar-refractivity contribution in [3.63, 3.8) is 0 Å². The van der Waals surface area contributed by atoms with Gasteiger partial charge in [0.15, 0.2) is 0 Å². The normalized spacial score (nSPS) is 10.5. The van der Waals surface area contributed by atoms with E-state index in [0.29, 0.717) is 6.54 Å². The van der Waals surface area contributed by atoms with Crippen LogP contribution in [0.25, 0.3) is 0 Å². The van der Waals surface area contributed by atoms with Crippen LogP contribution in [0.4, 0.5) is 18.9 Å². The highest BCUT2D eigenvalue weighted by atomic mass is 19.4. The van der Waals surface area contributed by atoms with Crippen molar-refractivity contribution >= 4 is 11.6 Å². The van der Waals surface area contributed by atoms with Gasteiger partial charge in [0.2, 0.25) is 5.91 Å². The lowest BCUT2D eigenvalue weighted by Gasteiger charge is -2.19. The molecule has 0 fully saturated rings. The number of carbonyl (C=O) groups is 1. The minimum absolute atomic E-state index is 0.0926. The second kappa shape index (κ2) is 9.11. The summed E-state index contributed by atoms with van der Waals surface area (Å²) in [6.45, 7) is 2.10. The number of para-hydroxylation sites is 1. The number of nitrogens with zero attached hydrogens (tertiary/aromatic N) is 2. The van der Waals surface area contributed by atoms with Gasteiger partial charge in [0, 0.05) is 40.3 Å². The second-order valence-corrected chi connectivity index (χ2v) is 5.80. The van der Waals surface area contributed by atoms with Gasteiger partial charge in [-0.25, -0.2) is 0 Å². The van der Waals surface area contributed by atoms with Crippen LogP contribution in [0.5, 0.6) is 0 Å². The molecular formula is C19H23F3N2O. The third-order valence-corrected chi connectivity index (χ3v) is 3.53. The fraction of sp³-hybridized carbons (Fsp3) is 0.316. The maximum Gasteiger partial charge on any atom is 0.416 e. The average molecular weight is 352 g/mol. The molecule has 0 aliphatic heterocycles. The molecule has 0 atom stereocenters. The summed E-state index contributed by atoms with van der Waals surface area (Å²) in [7, 11) is 5.36. The monoisotopic (exact) mass is 352 g/mol. The zero-order chi connectivity index (χ0) is 19.0. The molecule has 0 saturated carbocycles. The number of hydrogen-bond acceptors (Lipinski definition) is 2. The molecule has 6 heteroatoms. The predicted molar refractivity (Wildman–Crippen MR) is 94.4 cm³/mol. The van der Waals surface area contributed by atoms with Gasteiger partial charge in [0.1, 0.15) is 0 Å². The van der Waals surface area contributed by atoms with Gasteiger partial charge in [0.05, 0.1) is 5.56 Å². The van der Waals surface area contributed by atoms with E-state index >= 15 is 0 Å². The first-order chi connectivity index (χ1) is 11.6. The molecule has 0 unspecified atom stereocenters. The van der Waals surface area contributed by atoms with Gasteiger partial charge in [-0.15, -0.1) is 0 Å². The van der Waals surface area contributed by atoms with E-state index < -0.39 is 11.7 Å². The summed E-state index contributed by atoms with van der Waals surface area (Å²) in [5.74, 6) is 0.0926. The Morgan fingerprint density at radius 3 is 1.80 bits per heavy atom. The quantitative estimate of drug-likeness (QED) is 0.815. The van der Waals surface area contributed by atoms with Gasteiger partial charge in [-0.05, 0) is 29.8 Å². The van der Waals surface area contributed by atoms with Crippen LogP contribution in [-0.4, -0.2) is 32.0 Å². The number of hydrogen-bond donors (Lipinski definition) is 0. The molecule has 0 spiro atoms. The predicted octanol–water partition coefficient (Wildman–Crippen LogP) is 4.44. The van der Waals surface area contributed by atoms with Crippen molar-refractivity contribution in [3.8, 4) is 0 Å². The van der Waals surface area contributed by atoms with Crippen LogP contribution in [-0.2, 0) is 17.5 Å². The Labute approximate surface area is 146 Å². The summed E-state index contributed by atoms with van der Waals surface area (Å²) in [4.78, 5) is 13.6. The van der Waals surface area contributed by atoms with Gasteiger partial charge >= 0.3 is 6.18 Å². The average Bonchev–Trinajstić information content (AvgIpc) is 2.56. The number of halogens is 3. The molecule has 2 aromatic carbocycles. The van der Waals surface area contributed by atoms with Crippen LogP contribution < -0.4 is 4.90 Å². The molecule has 0 aliphatic rings. The van der Waals surface area contributed by atoms with E-state index in [2.05, 4.69) is 0 Å². The van der Waals surface area contributed by atoms with Gasteiger partial charge in [-0.3, -0.25) is 4.79 Å². The molecule has 1 amide bonds. The van der Waals surface area contributed by atoms with E-state index in [1.165, 1.54) is 24.0 Å². The van der Waals surface area contributed by atoms with E-state index in [-0.39, 0.29) is 5.91 Å². The molecule has 0 saturated heterocycles. The Kier molecular flexibility index (Phi) is 7.48. The number of amides is 1. The van der Waals surface area contributed by atoms with Crippen molar-refractivity contribution in [2.24, 2.45) is 0 Å². The van der Waals surface area contributed by atoms with E-state index in [1.807, 2.05) is 42.3 Å². The maximum absolute atomic E-state index is 12.4. The smallest absolute Gasteiger partial charge is 0.370 e. The van der Waals surface area contributed by atoms with Crippen LogP contribution >= 0.6 is 0 Å². The Balaban J connectivity index is 0.000000450. The molecule has 2 rings (SSSR count). The molecule has 3 nitrogen and oxygen atoms in total. The molecule has 0 heterocycles. The first kappa shape index (κ1) is 20.5. The summed E-state index contributed by atoms with van der Waals surface area (Å²) >= 11 is 0. The minimum atomic E-state index is -4.27. The third kappa shape index (κ3) is 7.28. The van der Waals surface area contributed by atoms with Crippen LogP contribution in [0.15, 0.2) is 54.6 Å². The molecule has 0 aromatic heterocycles. The van der Waals surface area contributed by atoms with E-state index in [4.69, 9.17) is 0 Å². The fourth-order valence-corrected chi connectivity index (χ4v) is 1.85. The summed E-state index contributed by atoms with van der Waals surface area (Å²) in [6.07, 6.45) is -4.27. The van der Waals surface area contributed by atoms with E-state index in [1.54, 1.807) is 14.1 Å². The van der Waals surface area contributed by atoms with Crippen molar-refractivity contribution in [1.29, 1.82) is 0 Å². The number of anilines is 1. The van der Waals surface area contributed by atoms with Crippen molar-refractivity contribution in [2.45, 2.75) is 19.6 Å². The highest BCUT2D eigenvalue weighted by molar-refractivity contribution is 5.72. The van der Waals surface area contributed by atoms with Crippen molar-refractivity contribution in [1.82, 2.24) is 4.90 Å². The van der Waals surface area contributed by atoms with Gasteiger partial charge in [-0.2, -0.15) is 13.2 Å². The van der Waals surface area contributed by atoms with Gasteiger partial charge < -0.3 is 9.80 Å². The van der Waals surface area contributed by atoms with E-state index in [0.717, 1.165) is 23.4 Å². The number of rotatable bonds is 3. The summed E-state index contributed by atoms with van der Waals surface area (Å²) in [5.41, 5.74) is 1.26. The lowest BCUT2D eigenvalue weighted by atomic mass is 10.1. The van der Waals surface area contributed by atoms with Crippen LogP contribution in [0, 0.1) is 0 Å². The molecule has 25 heavy (non-hydrogen) atoms. The van der Waals surface area contributed by atoms with Gasteiger partial charge in [-0.1, -0.05) is 30.3 Å². The fourth-order valence-electron chi connectivity index (χ4n) is 1.85. The molecule has 0 aliphatic carbocycles. The summed E-state index contributed by atoms with van der Waals surface area (Å²) in [6, 6.07) is 15.0. The van der Waals surface area contributed by atoms with Crippen molar-refractivity contribution in [2.75, 3.05) is 26.0 Å². The third-order valence-electron chi connectivity index (χ3n) is 3.53. The largest absolute Gasteiger partial charge is 0.416 e.